The van der Waals surface area contributed by atoms with Gasteiger partial charge < -0.3 is 15.1 Å². The second-order valence-electron chi connectivity index (χ2n) is 7.71. The highest BCUT2D eigenvalue weighted by molar-refractivity contribution is 4.91. The molecule has 1 saturated carbocycles. The van der Waals surface area contributed by atoms with Crippen molar-refractivity contribution in [3.05, 3.63) is 0 Å². The van der Waals surface area contributed by atoms with Crippen molar-refractivity contribution in [1.82, 2.24) is 15.1 Å². The molecule has 2 aliphatic rings. The van der Waals surface area contributed by atoms with Crippen molar-refractivity contribution in [3.8, 4) is 0 Å². The Morgan fingerprint density at radius 2 is 2.10 bits per heavy atom. The predicted octanol–water partition coefficient (Wildman–Crippen LogP) is 2.43. The number of nitrogens with zero attached hydrogens (tertiary/aromatic N) is 2. The minimum atomic E-state index is 0.511. The SMILES string of the molecule is CNCC1(CN(C)C2CCCN(C)C2)CCCC(C)C1. The normalized spacial score (nSPS) is 36.5. The van der Waals surface area contributed by atoms with Gasteiger partial charge in [-0.05, 0) is 64.7 Å². The summed E-state index contributed by atoms with van der Waals surface area (Å²) in [5, 5.41) is 3.48. The first-order valence-electron chi connectivity index (χ1n) is 8.58. The Bertz CT molecular complexity index is 290. The first kappa shape index (κ1) is 16.3. The van der Waals surface area contributed by atoms with Crippen molar-refractivity contribution in [2.24, 2.45) is 11.3 Å². The molecule has 0 radical (unpaired) electrons. The molecule has 1 aliphatic carbocycles. The molecule has 118 valence electrons. The van der Waals surface area contributed by atoms with Gasteiger partial charge in [-0.2, -0.15) is 0 Å². The monoisotopic (exact) mass is 281 g/mol. The Balaban J connectivity index is 1.96. The van der Waals surface area contributed by atoms with E-state index in [-0.39, 0.29) is 0 Å². The summed E-state index contributed by atoms with van der Waals surface area (Å²) in [5.74, 6) is 0.902. The van der Waals surface area contributed by atoms with Crippen LogP contribution in [0.3, 0.4) is 0 Å². The quantitative estimate of drug-likeness (QED) is 0.835. The molecule has 3 unspecified atom stereocenters. The Kier molecular flexibility index (Phi) is 5.88. The first-order valence-corrected chi connectivity index (χ1v) is 8.58. The first-order chi connectivity index (χ1) is 9.54. The van der Waals surface area contributed by atoms with E-state index in [2.05, 4.69) is 43.2 Å². The van der Waals surface area contributed by atoms with E-state index in [1.165, 1.54) is 64.7 Å². The van der Waals surface area contributed by atoms with Gasteiger partial charge in [0.15, 0.2) is 0 Å². The maximum absolute atomic E-state index is 3.48. The third kappa shape index (κ3) is 4.19. The highest BCUT2D eigenvalue weighted by atomic mass is 15.2. The van der Waals surface area contributed by atoms with Gasteiger partial charge in [0.05, 0.1) is 0 Å². The van der Waals surface area contributed by atoms with Crippen molar-refractivity contribution in [2.45, 2.75) is 51.5 Å². The lowest BCUT2D eigenvalue weighted by Gasteiger charge is -2.45. The van der Waals surface area contributed by atoms with Crippen LogP contribution in [0.2, 0.25) is 0 Å². The molecule has 0 amide bonds. The Labute approximate surface area is 126 Å². The van der Waals surface area contributed by atoms with E-state index >= 15 is 0 Å². The molecule has 1 aliphatic heterocycles. The van der Waals surface area contributed by atoms with Gasteiger partial charge in [-0.25, -0.2) is 0 Å². The van der Waals surface area contributed by atoms with Crippen LogP contribution < -0.4 is 5.32 Å². The van der Waals surface area contributed by atoms with E-state index in [4.69, 9.17) is 0 Å². The smallest absolute Gasteiger partial charge is 0.0220 e. The summed E-state index contributed by atoms with van der Waals surface area (Å²) in [7, 11) is 6.75. The summed E-state index contributed by atoms with van der Waals surface area (Å²) in [6, 6.07) is 0.764. The van der Waals surface area contributed by atoms with Crippen LogP contribution in [0.25, 0.3) is 0 Å². The van der Waals surface area contributed by atoms with Crippen LogP contribution in [-0.2, 0) is 0 Å². The van der Waals surface area contributed by atoms with E-state index in [0.29, 0.717) is 5.41 Å². The zero-order valence-electron chi connectivity index (χ0n) is 14.1. The molecule has 0 aromatic heterocycles. The Hall–Kier alpha value is -0.120. The topological polar surface area (TPSA) is 18.5 Å². The molecule has 3 nitrogen and oxygen atoms in total. The van der Waals surface area contributed by atoms with Crippen LogP contribution in [0.4, 0.5) is 0 Å². The highest BCUT2D eigenvalue weighted by Crippen LogP contribution is 2.40. The molecule has 1 heterocycles. The van der Waals surface area contributed by atoms with E-state index in [1.54, 1.807) is 0 Å². The zero-order valence-corrected chi connectivity index (χ0v) is 14.1. The molecular formula is C17H35N3. The van der Waals surface area contributed by atoms with Crippen LogP contribution in [0.15, 0.2) is 0 Å². The number of hydrogen-bond donors (Lipinski definition) is 1. The molecule has 0 spiro atoms. The van der Waals surface area contributed by atoms with Crippen LogP contribution >= 0.6 is 0 Å². The second kappa shape index (κ2) is 7.24. The van der Waals surface area contributed by atoms with Crippen molar-refractivity contribution in [3.63, 3.8) is 0 Å². The van der Waals surface area contributed by atoms with Crippen LogP contribution in [0, 0.1) is 11.3 Å². The second-order valence-corrected chi connectivity index (χ2v) is 7.71. The average molecular weight is 281 g/mol. The average Bonchev–Trinajstić information content (AvgIpc) is 2.38. The molecule has 1 N–H and O–H groups in total. The molecule has 20 heavy (non-hydrogen) atoms. The number of likely N-dealkylation sites (N-methyl/N-ethyl adjacent to an activating group) is 2. The van der Waals surface area contributed by atoms with Gasteiger partial charge >= 0.3 is 0 Å². The molecule has 1 saturated heterocycles. The van der Waals surface area contributed by atoms with Gasteiger partial charge in [-0.1, -0.05) is 19.8 Å². The number of hydrogen-bond acceptors (Lipinski definition) is 3. The Morgan fingerprint density at radius 3 is 2.75 bits per heavy atom. The fourth-order valence-corrected chi connectivity index (χ4v) is 4.66. The highest BCUT2D eigenvalue weighted by Gasteiger charge is 2.36. The standard InChI is InChI=1S/C17H35N3/c1-15-7-5-9-17(11-15,13-18-2)14-20(4)16-8-6-10-19(3)12-16/h15-16,18H,5-14H2,1-4H3. The van der Waals surface area contributed by atoms with Gasteiger partial charge in [0.2, 0.25) is 0 Å². The summed E-state index contributed by atoms with van der Waals surface area (Å²) in [6.07, 6.45) is 8.40. The van der Waals surface area contributed by atoms with Crippen LogP contribution in [-0.4, -0.2) is 63.2 Å². The fourth-order valence-electron chi connectivity index (χ4n) is 4.66. The number of nitrogens with one attached hydrogen (secondary N) is 1. The van der Waals surface area contributed by atoms with Crippen molar-refractivity contribution in [2.75, 3.05) is 47.3 Å². The van der Waals surface area contributed by atoms with Crippen LogP contribution in [0.5, 0.6) is 0 Å². The molecule has 3 heteroatoms. The molecule has 3 atom stereocenters. The molecule has 0 aromatic carbocycles. The van der Waals surface area contributed by atoms with E-state index in [0.717, 1.165) is 12.0 Å². The third-order valence-electron chi connectivity index (χ3n) is 5.55. The van der Waals surface area contributed by atoms with Crippen LogP contribution in [0.1, 0.15) is 45.4 Å². The molecule has 2 rings (SSSR count). The lowest BCUT2D eigenvalue weighted by molar-refractivity contribution is 0.0517. The van der Waals surface area contributed by atoms with Crippen molar-refractivity contribution in [1.29, 1.82) is 0 Å². The summed E-state index contributed by atoms with van der Waals surface area (Å²) in [6.45, 7) is 7.43. The number of piperidine rings is 1. The Morgan fingerprint density at radius 1 is 1.30 bits per heavy atom. The zero-order chi connectivity index (χ0) is 14.6. The van der Waals surface area contributed by atoms with Crippen molar-refractivity contribution >= 4 is 0 Å². The van der Waals surface area contributed by atoms with E-state index in [9.17, 15) is 0 Å². The lowest BCUT2D eigenvalue weighted by Crippen LogP contribution is -2.51. The molecule has 0 bridgehead atoms. The summed E-state index contributed by atoms with van der Waals surface area (Å²) in [5.41, 5.74) is 0.511. The number of likely N-dealkylation sites (tertiary alicyclic amines) is 1. The van der Waals surface area contributed by atoms with Gasteiger partial charge in [0.25, 0.3) is 0 Å². The maximum Gasteiger partial charge on any atom is 0.0220 e. The van der Waals surface area contributed by atoms with Crippen molar-refractivity contribution < 1.29 is 0 Å². The largest absolute Gasteiger partial charge is 0.319 e. The van der Waals surface area contributed by atoms with Gasteiger partial charge in [-0.15, -0.1) is 0 Å². The molecule has 0 aromatic rings. The number of rotatable bonds is 5. The van der Waals surface area contributed by atoms with E-state index < -0.39 is 0 Å². The summed E-state index contributed by atoms with van der Waals surface area (Å²) in [4.78, 5) is 5.17. The summed E-state index contributed by atoms with van der Waals surface area (Å²) >= 11 is 0. The lowest BCUT2D eigenvalue weighted by atomic mass is 9.69. The predicted molar refractivity (Wildman–Crippen MR) is 87.1 cm³/mol. The maximum atomic E-state index is 3.48. The minimum Gasteiger partial charge on any atom is -0.319 e. The third-order valence-corrected chi connectivity index (χ3v) is 5.55. The molecular weight excluding hydrogens is 246 g/mol. The van der Waals surface area contributed by atoms with Gasteiger partial charge in [0, 0.05) is 25.7 Å². The fraction of sp³-hybridized carbons (Fsp3) is 1.00. The van der Waals surface area contributed by atoms with E-state index in [1.807, 2.05) is 0 Å². The molecule has 2 fully saturated rings. The van der Waals surface area contributed by atoms with Gasteiger partial charge in [0.1, 0.15) is 0 Å². The summed E-state index contributed by atoms with van der Waals surface area (Å²) < 4.78 is 0. The minimum absolute atomic E-state index is 0.511. The van der Waals surface area contributed by atoms with Gasteiger partial charge in [-0.3, -0.25) is 0 Å².